The Hall–Kier alpha value is -3.05. The number of methoxy groups -OCH3 is 2. The van der Waals surface area contributed by atoms with Crippen LogP contribution in [0.5, 0.6) is 11.5 Å². The van der Waals surface area contributed by atoms with Crippen LogP contribution in [0.25, 0.3) is 0 Å². The van der Waals surface area contributed by atoms with E-state index in [-0.39, 0.29) is 0 Å². The molecule has 2 aliphatic rings. The molecule has 2 saturated heterocycles. The van der Waals surface area contributed by atoms with Crippen molar-refractivity contribution in [2.45, 2.75) is 38.1 Å². The highest BCUT2D eigenvalue weighted by Crippen LogP contribution is 2.31. The highest BCUT2D eigenvalue weighted by atomic mass is 16.5. The van der Waals surface area contributed by atoms with Gasteiger partial charge in [-0.25, -0.2) is 4.98 Å². The second kappa shape index (κ2) is 9.84. The fourth-order valence-electron chi connectivity index (χ4n) is 4.71. The monoisotopic (exact) mass is 422 g/mol. The van der Waals surface area contributed by atoms with Crippen LogP contribution in [0.2, 0.25) is 0 Å². The highest BCUT2D eigenvalue weighted by Gasteiger charge is 2.32. The maximum atomic E-state index is 9.53. The summed E-state index contributed by atoms with van der Waals surface area (Å²) in [5.41, 5.74) is 1.20. The van der Waals surface area contributed by atoms with Gasteiger partial charge in [-0.2, -0.15) is 10.2 Å². The van der Waals surface area contributed by atoms with Crippen molar-refractivity contribution in [2.24, 2.45) is 5.92 Å². The minimum absolute atomic E-state index is 0.416. The Kier molecular flexibility index (Phi) is 6.73. The summed E-state index contributed by atoms with van der Waals surface area (Å²) in [5, 5.41) is 16.2. The largest absolute Gasteiger partial charge is 0.497 e. The molecule has 0 saturated carbocycles. The Balaban J connectivity index is 1.48. The van der Waals surface area contributed by atoms with Gasteiger partial charge in [-0.15, -0.1) is 0 Å². The van der Waals surface area contributed by atoms with Gasteiger partial charge in [0.25, 0.3) is 0 Å². The van der Waals surface area contributed by atoms with Crippen molar-refractivity contribution in [3.05, 3.63) is 30.0 Å². The van der Waals surface area contributed by atoms with Gasteiger partial charge in [-0.3, -0.25) is 0 Å². The summed E-state index contributed by atoms with van der Waals surface area (Å²) >= 11 is 0. The molecule has 31 heavy (non-hydrogen) atoms. The lowest BCUT2D eigenvalue weighted by atomic mass is 9.83. The van der Waals surface area contributed by atoms with Crippen LogP contribution < -0.4 is 20.1 Å². The lowest BCUT2D eigenvalue weighted by molar-refractivity contribution is 0.0649. The smallest absolute Gasteiger partial charge is 0.229 e. The molecule has 2 N–H and O–H groups in total. The third-order valence-corrected chi connectivity index (χ3v) is 6.28. The van der Waals surface area contributed by atoms with Crippen LogP contribution in [0.1, 0.15) is 37.7 Å². The van der Waals surface area contributed by atoms with Crippen molar-refractivity contribution >= 4 is 17.5 Å². The number of nitriles is 1. The fraction of sp³-hybridized carbons (Fsp3) is 0.522. The molecule has 0 spiro atoms. The highest BCUT2D eigenvalue weighted by molar-refractivity contribution is 5.62. The topological polar surface area (TPSA) is 95.3 Å². The summed E-state index contributed by atoms with van der Waals surface area (Å²) in [6.45, 7) is 3.26. The van der Waals surface area contributed by atoms with E-state index >= 15 is 0 Å². The van der Waals surface area contributed by atoms with E-state index in [1.807, 2.05) is 12.1 Å². The maximum absolute atomic E-state index is 9.53. The summed E-state index contributed by atoms with van der Waals surface area (Å²) in [4.78, 5) is 11.5. The maximum Gasteiger partial charge on any atom is 0.229 e. The van der Waals surface area contributed by atoms with Crippen LogP contribution in [0.15, 0.2) is 24.4 Å². The Bertz CT molecular complexity index is 920. The van der Waals surface area contributed by atoms with Crippen LogP contribution in [0, 0.1) is 17.2 Å². The van der Waals surface area contributed by atoms with Gasteiger partial charge in [0.2, 0.25) is 5.95 Å². The quantitative estimate of drug-likeness (QED) is 0.696. The first kappa shape index (κ1) is 21.2. The van der Waals surface area contributed by atoms with Gasteiger partial charge in [0, 0.05) is 36.5 Å². The molecule has 0 unspecified atom stereocenters. The van der Waals surface area contributed by atoms with Crippen molar-refractivity contribution in [3.63, 3.8) is 0 Å². The van der Waals surface area contributed by atoms with E-state index in [0.29, 0.717) is 40.8 Å². The first-order valence-electron chi connectivity index (χ1n) is 11.0. The number of fused-ring (bicyclic) bond motifs is 1. The normalized spacial score (nSPS) is 20.9. The van der Waals surface area contributed by atoms with Crippen LogP contribution in [0.4, 0.5) is 17.5 Å². The van der Waals surface area contributed by atoms with E-state index in [0.717, 1.165) is 12.2 Å². The van der Waals surface area contributed by atoms with Crippen molar-refractivity contribution < 1.29 is 9.47 Å². The number of hydrogen-bond donors (Lipinski definition) is 2. The Morgan fingerprint density at radius 1 is 1.10 bits per heavy atom. The average Bonchev–Trinajstić information content (AvgIpc) is 2.82. The molecule has 164 valence electrons. The third-order valence-electron chi connectivity index (χ3n) is 6.28. The zero-order valence-corrected chi connectivity index (χ0v) is 18.2. The number of hydrogen-bond acceptors (Lipinski definition) is 8. The molecule has 1 aromatic carbocycles. The fourth-order valence-corrected chi connectivity index (χ4v) is 4.71. The number of benzene rings is 1. The van der Waals surface area contributed by atoms with Crippen molar-refractivity contribution in [2.75, 3.05) is 44.5 Å². The van der Waals surface area contributed by atoms with Crippen LogP contribution in [-0.4, -0.2) is 54.8 Å². The van der Waals surface area contributed by atoms with Gasteiger partial charge in [0.05, 0.1) is 20.4 Å². The summed E-state index contributed by atoms with van der Waals surface area (Å²) in [7, 11) is 3.22. The molecule has 8 nitrogen and oxygen atoms in total. The molecule has 1 aromatic heterocycles. The molecule has 3 heterocycles. The number of piperidine rings is 2. The zero-order chi connectivity index (χ0) is 21.6. The first-order chi connectivity index (χ1) is 15.2. The third kappa shape index (κ3) is 5.00. The molecule has 0 amide bonds. The van der Waals surface area contributed by atoms with E-state index in [9.17, 15) is 5.26 Å². The van der Waals surface area contributed by atoms with Crippen molar-refractivity contribution in [1.82, 2.24) is 14.9 Å². The van der Waals surface area contributed by atoms with Gasteiger partial charge in [0.1, 0.15) is 28.9 Å². The minimum Gasteiger partial charge on any atom is -0.497 e. The minimum atomic E-state index is 0.416. The van der Waals surface area contributed by atoms with E-state index < -0.39 is 0 Å². The molecule has 4 rings (SSSR count). The summed E-state index contributed by atoms with van der Waals surface area (Å²) in [6.07, 6.45) is 7.91. The van der Waals surface area contributed by atoms with Crippen molar-refractivity contribution in [3.8, 4) is 17.6 Å². The molecular weight excluding hydrogens is 392 g/mol. The number of rotatable bonds is 7. The molecule has 8 heteroatoms. The average molecular weight is 423 g/mol. The first-order valence-corrected chi connectivity index (χ1v) is 11.0. The zero-order valence-electron chi connectivity index (χ0n) is 18.2. The molecule has 2 fully saturated rings. The van der Waals surface area contributed by atoms with E-state index in [2.05, 4.69) is 31.6 Å². The van der Waals surface area contributed by atoms with Gasteiger partial charge in [-0.05, 0) is 44.7 Å². The van der Waals surface area contributed by atoms with Crippen molar-refractivity contribution in [1.29, 1.82) is 5.26 Å². The second-order valence-electron chi connectivity index (χ2n) is 8.18. The molecular formula is C23H30N6O2. The SMILES string of the molecule is COc1cc(Nc2ncc(C#N)c(NC[C@@H]3CCCN4CCCC[C@H]34)n2)cc(OC)c1. The molecule has 0 aliphatic carbocycles. The van der Waals surface area contributed by atoms with E-state index in [4.69, 9.17) is 9.47 Å². The molecule has 2 atom stereocenters. The number of aromatic nitrogens is 2. The van der Waals surface area contributed by atoms with Gasteiger partial charge >= 0.3 is 0 Å². The summed E-state index contributed by atoms with van der Waals surface area (Å²) < 4.78 is 10.6. The second-order valence-corrected chi connectivity index (χ2v) is 8.18. The van der Waals surface area contributed by atoms with Crippen LogP contribution in [0.3, 0.4) is 0 Å². The predicted octanol–water partition coefficient (Wildman–Crippen LogP) is 3.79. The van der Waals surface area contributed by atoms with Crippen LogP contribution in [-0.2, 0) is 0 Å². The number of nitrogens with zero attached hydrogens (tertiary/aromatic N) is 4. The number of anilines is 3. The van der Waals surface area contributed by atoms with Gasteiger partial charge in [0.15, 0.2) is 0 Å². The Morgan fingerprint density at radius 3 is 2.61 bits per heavy atom. The van der Waals surface area contributed by atoms with Crippen LogP contribution >= 0.6 is 0 Å². The predicted molar refractivity (Wildman–Crippen MR) is 120 cm³/mol. The van der Waals surface area contributed by atoms with Gasteiger partial charge in [-0.1, -0.05) is 6.42 Å². The number of nitrogens with one attached hydrogen (secondary N) is 2. The summed E-state index contributed by atoms with van der Waals surface area (Å²) in [6, 6.07) is 8.33. The Morgan fingerprint density at radius 2 is 1.87 bits per heavy atom. The van der Waals surface area contributed by atoms with E-state index in [1.54, 1.807) is 26.5 Å². The Labute approximate surface area is 183 Å². The lowest BCUT2D eigenvalue weighted by Crippen LogP contribution is -2.49. The van der Waals surface area contributed by atoms with Gasteiger partial charge < -0.3 is 25.0 Å². The molecule has 0 bridgehead atoms. The standard InChI is InChI=1S/C23H30N6O2/c1-30-19-10-18(11-20(12-19)31-2)27-23-26-15-17(13-24)22(28-23)25-14-16-6-5-9-29-8-4-3-7-21(16)29/h10-12,15-16,21H,3-9,14H2,1-2H3,(H2,25,26,27,28)/t16-,21+/m0/s1. The number of ether oxygens (including phenoxy) is 2. The molecule has 2 aliphatic heterocycles. The summed E-state index contributed by atoms with van der Waals surface area (Å²) in [5.74, 6) is 2.91. The molecule has 0 radical (unpaired) electrons. The lowest BCUT2D eigenvalue weighted by Gasteiger charge is -2.44. The molecule has 2 aromatic rings. The van der Waals surface area contributed by atoms with E-state index in [1.165, 1.54) is 45.2 Å².